The standard InChI is InChI=1S/C16H26O3Si/c1-12(19-20(6,7)16(2,3)4)13-8-10-14(11-9-13)15(17)18-5/h8-12H,1-7H3/t12-/m1/s1. The number of esters is 1. The zero-order valence-electron chi connectivity index (χ0n) is 13.6. The first kappa shape index (κ1) is 16.9. The first-order valence-electron chi connectivity index (χ1n) is 6.94. The van der Waals surface area contributed by atoms with Crippen LogP contribution in [0, 0.1) is 0 Å². The monoisotopic (exact) mass is 294 g/mol. The molecule has 3 nitrogen and oxygen atoms in total. The number of hydrogen-bond acceptors (Lipinski definition) is 3. The van der Waals surface area contributed by atoms with E-state index in [0.717, 1.165) is 5.56 Å². The maximum Gasteiger partial charge on any atom is 0.337 e. The van der Waals surface area contributed by atoms with Crippen LogP contribution in [0.25, 0.3) is 0 Å². The topological polar surface area (TPSA) is 35.5 Å². The molecule has 0 amide bonds. The van der Waals surface area contributed by atoms with Gasteiger partial charge < -0.3 is 9.16 Å². The summed E-state index contributed by atoms with van der Waals surface area (Å²) < 4.78 is 11.0. The van der Waals surface area contributed by atoms with E-state index in [4.69, 9.17) is 9.16 Å². The van der Waals surface area contributed by atoms with Crippen molar-refractivity contribution < 1.29 is 14.0 Å². The Morgan fingerprint density at radius 1 is 1.15 bits per heavy atom. The van der Waals surface area contributed by atoms with Crippen LogP contribution in [0.5, 0.6) is 0 Å². The average molecular weight is 294 g/mol. The molecule has 1 aromatic rings. The summed E-state index contributed by atoms with van der Waals surface area (Å²) in [7, 11) is -0.396. The molecule has 1 rings (SSSR count). The Balaban J connectivity index is 2.83. The van der Waals surface area contributed by atoms with Crippen molar-refractivity contribution in [3.8, 4) is 0 Å². The van der Waals surface area contributed by atoms with Gasteiger partial charge in [0.25, 0.3) is 0 Å². The Kier molecular flexibility index (Phi) is 5.16. The average Bonchev–Trinajstić information content (AvgIpc) is 2.36. The van der Waals surface area contributed by atoms with Crippen LogP contribution in [0.2, 0.25) is 18.1 Å². The summed E-state index contributed by atoms with van der Waals surface area (Å²) in [4.78, 5) is 11.4. The lowest BCUT2D eigenvalue weighted by atomic mass is 10.1. The van der Waals surface area contributed by atoms with E-state index in [1.807, 2.05) is 12.1 Å². The van der Waals surface area contributed by atoms with Gasteiger partial charge in [-0.15, -0.1) is 0 Å². The Morgan fingerprint density at radius 2 is 1.65 bits per heavy atom. The zero-order chi connectivity index (χ0) is 15.6. The van der Waals surface area contributed by atoms with Crippen LogP contribution >= 0.6 is 0 Å². The minimum Gasteiger partial charge on any atom is -0.465 e. The molecule has 0 unspecified atom stereocenters. The third kappa shape index (κ3) is 3.93. The van der Waals surface area contributed by atoms with Gasteiger partial charge in [0.05, 0.1) is 18.8 Å². The van der Waals surface area contributed by atoms with Crippen molar-refractivity contribution in [1.29, 1.82) is 0 Å². The van der Waals surface area contributed by atoms with Gasteiger partial charge in [-0.3, -0.25) is 0 Å². The number of carbonyl (C=O) groups is 1. The maximum atomic E-state index is 11.4. The smallest absolute Gasteiger partial charge is 0.337 e. The molecule has 0 heterocycles. The molecule has 1 atom stereocenters. The van der Waals surface area contributed by atoms with E-state index in [0.29, 0.717) is 5.56 Å². The van der Waals surface area contributed by atoms with E-state index in [2.05, 4.69) is 40.8 Å². The van der Waals surface area contributed by atoms with Gasteiger partial charge in [0.15, 0.2) is 8.32 Å². The third-order valence-electron chi connectivity index (χ3n) is 4.08. The van der Waals surface area contributed by atoms with Crippen molar-refractivity contribution in [2.45, 2.75) is 51.9 Å². The predicted molar refractivity (Wildman–Crippen MR) is 84.5 cm³/mol. The van der Waals surface area contributed by atoms with E-state index >= 15 is 0 Å². The van der Waals surface area contributed by atoms with Gasteiger partial charge in [-0.1, -0.05) is 32.9 Å². The number of ether oxygens (including phenoxy) is 1. The molecule has 0 aromatic heterocycles. The van der Waals surface area contributed by atoms with Gasteiger partial charge in [0.1, 0.15) is 0 Å². The summed E-state index contributed by atoms with van der Waals surface area (Å²) in [5.74, 6) is -0.311. The molecular weight excluding hydrogens is 268 g/mol. The molecule has 0 saturated heterocycles. The molecule has 20 heavy (non-hydrogen) atoms. The minimum atomic E-state index is -1.78. The molecule has 0 aliphatic carbocycles. The van der Waals surface area contributed by atoms with Gasteiger partial charge >= 0.3 is 5.97 Å². The van der Waals surface area contributed by atoms with Gasteiger partial charge in [0, 0.05) is 0 Å². The number of carbonyl (C=O) groups excluding carboxylic acids is 1. The fourth-order valence-corrected chi connectivity index (χ4v) is 3.07. The third-order valence-corrected chi connectivity index (χ3v) is 8.63. The molecule has 0 spiro atoms. The molecule has 112 valence electrons. The lowest BCUT2D eigenvalue weighted by Gasteiger charge is -2.38. The highest BCUT2D eigenvalue weighted by Crippen LogP contribution is 2.39. The molecule has 0 saturated carbocycles. The van der Waals surface area contributed by atoms with E-state index in [1.54, 1.807) is 12.1 Å². The van der Waals surface area contributed by atoms with Crippen molar-refractivity contribution in [3.05, 3.63) is 35.4 Å². The van der Waals surface area contributed by atoms with Crippen LogP contribution < -0.4 is 0 Å². The van der Waals surface area contributed by atoms with Crippen LogP contribution in [0.4, 0.5) is 0 Å². The van der Waals surface area contributed by atoms with Crippen LogP contribution in [-0.2, 0) is 9.16 Å². The highest BCUT2D eigenvalue weighted by atomic mass is 28.4. The molecule has 0 N–H and O–H groups in total. The van der Waals surface area contributed by atoms with E-state index in [-0.39, 0.29) is 17.1 Å². The minimum absolute atomic E-state index is 0.0302. The molecular formula is C16H26O3Si. The second-order valence-corrected chi connectivity index (χ2v) is 11.4. The Labute approximate surface area is 123 Å². The molecule has 0 bridgehead atoms. The fraction of sp³-hybridized carbons (Fsp3) is 0.562. The van der Waals surface area contributed by atoms with E-state index in [1.165, 1.54) is 7.11 Å². The summed E-state index contributed by atoms with van der Waals surface area (Å²) >= 11 is 0. The van der Waals surface area contributed by atoms with E-state index in [9.17, 15) is 4.79 Å². The van der Waals surface area contributed by atoms with Crippen LogP contribution in [0.1, 0.15) is 49.7 Å². The zero-order valence-corrected chi connectivity index (χ0v) is 14.6. The van der Waals surface area contributed by atoms with Crippen LogP contribution in [0.15, 0.2) is 24.3 Å². The summed E-state index contributed by atoms with van der Waals surface area (Å²) in [6.07, 6.45) is 0.0302. The first-order chi connectivity index (χ1) is 9.08. The molecule has 0 aliphatic rings. The van der Waals surface area contributed by atoms with Crippen LogP contribution in [-0.4, -0.2) is 21.4 Å². The number of methoxy groups -OCH3 is 1. The summed E-state index contributed by atoms with van der Waals surface area (Å²) in [5, 5.41) is 0.188. The lowest BCUT2D eigenvalue weighted by Crippen LogP contribution is -2.41. The number of hydrogen-bond donors (Lipinski definition) is 0. The second-order valence-electron chi connectivity index (χ2n) is 6.63. The molecule has 1 aromatic carbocycles. The summed E-state index contributed by atoms with van der Waals surface area (Å²) in [6, 6.07) is 7.44. The Morgan fingerprint density at radius 3 is 2.05 bits per heavy atom. The predicted octanol–water partition coefficient (Wildman–Crippen LogP) is 4.56. The van der Waals surface area contributed by atoms with Crippen LogP contribution in [0.3, 0.4) is 0 Å². The first-order valence-corrected chi connectivity index (χ1v) is 9.85. The quantitative estimate of drug-likeness (QED) is 0.603. The van der Waals surface area contributed by atoms with Crippen molar-refractivity contribution in [2.75, 3.05) is 7.11 Å². The molecule has 0 radical (unpaired) electrons. The SMILES string of the molecule is COC(=O)c1ccc([C@@H](C)O[Si](C)(C)C(C)(C)C)cc1. The van der Waals surface area contributed by atoms with E-state index < -0.39 is 8.32 Å². The fourth-order valence-electron chi connectivity index (χ4n) is 1.69. The highest BCUT2D eigenvalue weighted by Gasteiger charge is 2.38. The molecule has 0 fully saturated rings. The Bertz CT molecular complexity index is 458. The maximum absolute atomic E-state index is 11.4. The van der Waals surface area contributed by atoms with Crippen molar-refractivity contribution in [2.24, 2.45) is 0 Å². The van der Waals surface area contributed by atoms with Crippen molar-refractivity contribution in [3.63, 3.8) is 0 Å². The van der Waals surface area contributed by atoms with Gasteiger partial charge in [-0.05, 0) is 42.8 Å². The number of rotatable bonds is 4. The summed E-state index contributed by atoms with van der Waals surface area (Å²) in [6.45, 7) is 13.2. The van der Waals surface area contributed by atoms with Gasteiger partial charge in [0.2, 0.25) is 0 Å². The normalized spacial score (nSPS) is 13.9. The Hall–Kier alpha value is -1.13. The highest BCUT2D eigenvalue weighted by molar-refractivity contribution is 6.74. The van der Waals surface area contributed by atoms with Gasteiger partial charge in [-0.2, -0.15) is 0 Å². The molecule has 4 heteroatoms. The molecule has 0 aliphatic heterocycles. The largest absolute Gasteiger partial charge is 0.465 e. The number of benzene rings is 1. The van der Waals surface area contributed by atoms with Crippen molar-refractivity contribution >= 4 is 14.3 Å². The van der Waals surface area contributed by atoms with Crippen molar-refractivity contribution in [1.82, 2.24) is 0 Å². The second kappa shape index (κ2) is 6.10. The lowest BCUT2D eigenvalue weighted by molar-refractivity contribution is 0.0600. The summed E-state index contributed by atoms with van der Waals surface area (Å²) in [5.41, 5.74) is 1.65. The van der Waals surface area contributed by atoms with Gasteiger partial charge in [-0.25, -0.2) is 4.79 Å².